The van der Waals surface area contributed by atoms with E-state index in [9.17, 15) is 9.59 Å². The summed E-state index contributed by atoms with van der Waals surface area (Å²) in [6, 6.07) is 8.42. The summed E-state index contributed by atoms with van der Waals surface area (Å²) in [4.78, 5) is 27.3. The van der Waals surface area contributed by atoms with Crippen LogP contribution in [0.2, 0.25) is 0 Å². The minimum absolute atomic E-state index is 0.383. The van der Waals surface area contributed by atoms with Gasteiger partial charge in [0.15, 0.2) is 0 Å². The van der Waals surface area contributed by atoms with Crippen LogP contribution in [-0.2, 0) is 9.63 Å². The molecule has 0 aliphatic carbocycles. The Kier molecular flexibility index (Phi) is 4.27. The number of hydrogen-bond acceptors (Lipinski definition) is 3. The van der Waals surface area contributed by atoms with Gasteiger partial charge in [0.25, 0.3) is 5.91 Å². The lowest BCUT2D eigenvalue weighted by Gasteiger charge is -2.07. The molecule has 4 nitrogen and oxygen atoms in total. The Labute approximate surface area is 93.9 Å². The number of hydrogen-bond donors (Lipinski definition) is 1. The molecule has 0 heterocycles. The molecule has 0 radical (unpaired) electrons. The molecular weight excluding hydrogens is 206 g/mol. The van der Waals surface area contributed by atoms with Gasteiger partial charge in [0, 0.05) is 0 Å². The highest BCUT2D eigenvalue weighted by molar-refractivity contribution is 5.90. The van der Waals surface area contributed by atoms with E-state index in [1.54, 1.807) is 37.3 Å². The molecule has 4 heteroatoms. The standard InChI is InChI=1S/C12H13NO3/c1-3-9(2)11(14)13-16-12(15)10-7-5-4-6-8-10/h3-9H,1H2,2H3,(H,13,14)/t9-/m1/s1. The fourth-order valence-corrected chi connectivity index (χ4v) is 0.930. The van der Waals surface area contributed by atoms with Gasteiger partial charge in [0.2, 0.25) is 0 Å². The summed E-state index contributed by atoms with van der Waals surface area (Å²) in [6.07, 6.45) is 1.46. The average Bonchev–Trinajstić information content (AvgIpc) is 2.35. The Morgan fingerprint density at radius 3 is 2.56 bits per heavy atom. The van der Waals surface area contributed by atoms with E-state index >= 15 is 0 Å². The van der Waals surface area contributed by atoms with Crippen molar-refractivity contribution in [2.24, 2.45) is 5.92 Å². The van der Waals surface area contributed by atoms with Gasteiger partial charge in [-0.25, -0.2) is 4.79 Å². The number of nitrogens with one attached hydrogen (secondary N) is 1. The number of rotatable bonds is 3. The molecule has 0 saturated carbocycles. The van der Waals surface area contributed by atoms with Crippen LogP contribution in [0, 0.1) is 5.92 Å². The van der Waals surface area contributed by atoms with Crippen molar-refractivity contribution >= 4 is 11.9 Å². The first-order valence-corrected chi connectivity index (χ1v) is 4.83. The number of hydroxylamine groups is 1. The molecule has 0 saturated heterocycles. The fraction of sp³-hybridized carbons (Fsp3) is 0.167. The third kappa shape index (κ3) is 3.24. The van der Waals surface area contributed by atoms with Crippen LogP contribution in [0.5, 0.6) is 0 Å². The first-order chi connectivity index (χ1) is 7.65. The summed E-state index contributed by atoms with van der Waals surface area (Å²) < 4.78 is 0. The minimum atomic E-state index is -0.592. The molecule has 0 bridgehead atoms. The van der Waals surface area contributed by atoms with Crippen LogP contribution in [0.15, 0.2) is 43.0 Å². The van der Waals surface area contributed by atoms with Gasteiger partial charge in [-0.3, -0.25) is 4.79 Å². The van der Waals surface area contributed by atoms with Gasteiger partial charge in [0.05, 0.1) is 11.5 Å². The van der Waals surface area contributed by atoms with Crippen LogP contribution in [0.3, 0.4) is 0 Å². The molecule has 1 atom stereocenters. The smallest absolute Gasteiger partial charge is 0.335 e. The molecule has 0 spiro atoms. The van der Waals surface area contributed by atoms with Crippen LogP contribution < -0.4 is 5.48 Å². The van der Waals surface area contributed by atoms with Crippen molar-refractivity contribution in [2.75, 3.05) is 0 Å². The predicted octanol–water partition coefficient (Wildman–Crippen LogP) is 1.70. The molecule has 0 fully saturated rings. The maximum atomic E-state index is 11.4. The van der Waals surface area contributed by atoms with E-state index in [4.69, 9.17) is 0 Å². The van der Waals surface area contributed by atoms with Gasteiger partial charge >= 0.3 is 5.97 Å². The third-order valence-electron chi connectivity index (χ3n) is 2.02. The van der Waals surface area contributed by atoms with E-state index < -0.39 is 17.8 Å². The van der Waals surface area contributed by atoms with Crippen molar-refractivity contribution < 1.29 is 14.4 Å². The first kappa shape index (κ1) is 12.0. The van der Waals surface area contributed by atoms with Crippen molar-refractivity contribution in [3.05, 3.63) is 48.6 Å². The fourth-order valence-electron chi connectivity index (χ4n) is 0.930. The molecule has 1 aromatic rings. The lowest BCUT2D eigenvalue weighted by atomic mass is 10.2. The summed E-state index contributed by atoms with van der Waals surface area (Å²) >= 11 is 0. The van der Waals surface area contributed by atoms with Crippen LogP contribution >= 0.6 is 0 Å². The summed E-state index contributed by atoms with van der Waals surface area (Å²) in [5.41, 5.74) is 2.46. The minimum Gasteiger partial charge on any atom is -0.335 e. The second kappa shape index (κ2) is 5.70. The van der Waals surface area contributed by atoms with Gasteiger partial charge in [-0.05, 0) is 19.1 Å². The Morgan fingerprint density at radius 2 is 2.00 bits per heavy atom. The van der Waals surface area contributed by atoms with E-state index in [0.717, 1.165) is 0 Å². The molecule has 0 aromatic heterocycles. The quantitative estimate of drug-likeness (QED) is 0.621. The Hall–Kier alpha value is -2.10. The zero-order chi connectivity index (χ0) is 12.0. The Bertz CT molecular complexity index is 387. The maximum absolute atomic E-state index is 11.4. The van der Waals surface area contributed by atoms with Crippen molar-refractivity contribution in [1.82, 2.24) is 5.48 Å². The highest BCUT2D eigenvalue weighted by Crippen LogP contribution is 2.00. The Balaban J connectivity index is 2.48. The van der Waals surface area contributed by atoms with Gasteiger partial charge in [0.1, 0.15) is 0 Å². The van der Waals surface area contributed by atoms with Crippen molar-refractivity contribution in [2.45, 2.75) is 6.92 Å². The Morgan fingerprint density at radius 1 is 1.38 bits per heavy atom. The van der Waals surface area contributed by atoms with E-state index in [1.807, 2.05) is 0 Å². The maximum Gasteiger partial charge on any atom is 0.362 e. The van der Waals surface area contributed by atoms with Gasteiger partial charge in [-0.1, -0.05) is 24.3 Å². The van der Waals surface area contributed by atoms with Crippen molar-refractivity contribution in [3.8, 4) is 0 Å². The highest BCUT2D eigenvalue weighted by Gasteiger charge is 2.12. The molecule has 84 valence electrons. The lowest BCUT2D eigenvalue weighted by molar-refractivity contribution is -0.132. The number of amides is 1. The molecule has 0 unspecified atom stereocenters. The molecule has 0 aliphatic heterocycles. The second-order valence-corrected chi connectivity index (χ2v) is 3.25. The predicted molar refractivity (Wildman–Crippen MR) is 59.4 cm³/mol. The van der Waals surface area contributed by atoms with Crippen LogP contribution in [0.1, 0.15) is 17.3 Å². The van der Waals surface area contributed by atoms with E-state index in [-0.39, 0.29) is 0 Å². The first-order valence-electron chi connectivity index (χ1n) is 4.83. The van der Waals surface area contributed by atoms with Gasteiger partial charge < -0.3 is 4.84 Å². The highest BCUT2D eigenvalue weighted by atomic mass is 16.7. The number of carbonyl (C=O) groups excluding carboxylic acids is 2. The molecule has 1 rings (SSSR count). The van der Waals surface area contributed by atoms with Crippen molar-refractivity contribution in [3.63, 3.8) is 0 Å². The zero-order valence-corrected chi connectivity index (χ0v) is 8.97. The average molecular weight is 219 g/mol. The molecule has 1 amide bonds. The lowest BCUT2D eigenvalue weighted by Crippen LogP contribution is -2.30. The van der Waals surface area contributed by atoms with Crippen LogP contribution in [0.25, 0.3) is 0 Å². The van der Waals surface area contributed by atoms with Gasteiger partial charge in [-0.2, -0.15) is 5.48 Å². The topological polar surface area (TPSA) is 55.4 Å². The molecule has 16 heavy (non-hydrogen) atoms. The summed E-state index contributed by atoms with van der Waals surface area (Å²) in [5.74, 6) is -1.40. The summed E-state index contributed by atoms with van der Waals surface area (Å²) in [5, 5.41) is 0. The number of carbonyl (C=O) groups is 2. The second-order valence-electron chi connectivity index (χ2n) is 3.25. The van der Waals surface area contributed by atoms with E-state index in [2.05, 4.69) is 16.9 Å². The monoisotopic (exact) mass is 219 g/mol. The van der Waals surface area contributed by atoms with Gasteiger partial charge in [-0.15, -0.1) is 6.58 Å². The molecule has 1 aromatic carbocycles. The van der Waals surface area contributed by atoms with E-state index in [0.29, 0.717) is 5.56 Å². The zero-order valence-electron chi connectivity index (χ0n) is 8.97. The molecule has 1 N–H and O–H groups in total. The van der Waals surface area contributed by atoms with Crippen LogP contribution in [-0.4, -0.2) is 11.9 Å². The SMILES string of the molecule is C=C[C@@H](C)C(=O)NOC(=O)c1ccccc1. The summed E-state index contributed by atoms with van der Waals surface area (Å²) in [7, 11) is 0. The van der Waals surface area contributed by atoms with Crippen molar-refractivity contribution in [1.29, 1.82) is 0 Å². The summed E-state index contributed by atoms with van der Waals surface area (Å²) in [6.45, 7) is 5.12. The normalized spacial score (nSPS) is 11.3. The van der Waals surface area contributed by atoms with E-state index in [1.165, 1.54) is 6.08 Å². The van der Waals surface area contributed by atoms with Crippen LogP contribution in [0.4, 0.5) is 0 Å². The molecule has 0 aliphatic rings. The largest absolute Gasteiger partial charge is 0.362 e. The molecular formula is C12H13NO3. The third-order valence-corrected chi connectivity index (χ3v) is 2.02. The number of benzene rings is 1.